The largest absolute Gasteiger partial charge is 0.486 e. The van der Waals surface area contributed by atoms with E-state index in [0.29, 0.717) is 33.0 Å². The van der Waals surface area contributed by atoms with Crippen LogP contribution >= 0.6 is 0 Å². The fourth-order valence-corrected chi connectivity index (χ4v) is 2.23. The van der Waals surface area contributed by atoms with Crippen LogP contribution in [0.25, 0.3) is 0 Å². The van der Waals surface area contributed by atoms with Crippen LogP contribution in [0.3, 0.4) is 0 Å². The van der Waals surface area contributed by atoms with E-state index in [9.17, 15) is 0 Å². The summed E-state index contributed by atoms with van der Waals surface area (Å²) in [7, 11) is 0. The number of rotatable bonds is 4. The van der Waals surface area contributed by atoms with Crippen molar-refractivity contribution in [3.8, 4) is 11.5 Å². The summed E-state index contributed by atoms with van der Waals surface area (Å²) in [6.45, 7) is 4.91. The van der Waals surface area contributed by atoms with Crippen molar-refractivity contribution in [2.24, 2.45) is 0 Å². The van der Waals surface area contributed by atoms with Crippen LogP contribution in [0.1, 0.15) is 5.56 Å². The van der Waals surface area contributed by atoms with Gasteiger partial charge in [0.05, 0.1) is 25.9 Å². The Hall–Kier alpha value is -1.30. The first kappa shape index (κ1) is 12.7. The van der Waals surface area contributed by atoms with Crippen molar-refractivity contribution in [3.05, 3.63) is 23.8 Å². The predicted molar refractivity (Wildman–Crippen MR) is 69.7 cm³/mol. The zero-order chi connectivity index (χ0) is 12.9. The number of fused-ring (bicyclic) bond motifs is 1. The molecule has 2 heterocycles. The fraction of sp³-hybridized carbons (Fsp3) is 0.571. The van der Waals surface area contributed by atoms with E-state index in [2.05, 4.69) is 11.4 Å². The van der Waals surface area contributed by atoms with Gasteiger partial charge in [-0.1, -0.05) is 6.07 Å². The topological polar surface area (TPSA) is 49.0 Å². The van der Waals surface area contributed by atoms with E-state index in [1.54, 1.807) is 0 Å². The van der Waals surface area contributed by atoms with Gasteiger partial charge >= 0.3 is 0 Å². The molecule has 0 saturated carbocycles. The van der Waals surface area contributed by atoms with Gasteiger partial charge in [-0.3, -0.25) is 0 Å². The Morgan fingerprint density at radius 3 is 2.79 bits per heavy atom. The molecular formula is C14H19NO4. The molecule has 1 fully saturated rings. The van der Waals surface area contributed by atoms with Crippen molar-refractivity contribution in [1.29, 1.82) is 0 Å². The van der Waals surface area contributed by atoms with Gasteiger partial charge in [0.2, 0.25) is 0 Å². The number of hydrogen-bond donors (Lipinski definition) is 1. The third kappa shape index (κ3) is 3.37. The third-order valence-corrected chi connectivity index (χ3v) is 3.19. The van der Waals surface area contributed by atoms with Crippen LogP contribution < -0.4 is 14.8 Å². The highest BCUT2D eigenvalue weighted by Crippen LogP contribution is 2.30. The Kier molecular flexibility index (Phi) is 4.17. The van der Waals surface area contributed by atoms with Crippen LogP contribution in [0.4, 0.5) is 0 Å². The lowest BCUT2D eigenvalue weighted by molar-refractivity contribution is -0.0864. The van der Waals surface area contributed by atoms with Crippen molar-refractivity contribution >= 4 is 0 Å². The minimum Gasteiger partial charge on any atom is -0.486 e. The van der Waals surface area contributed by atoms with Gasteiger partial charge in [0.25, 0.3) is 0 Å². The molecule has 0 aliphatic carbocycles. The lowest BCUT2D eigenvalue weighted by atomic mass is 10.2. The summed E-state index contributed by atoms with van der Waals surface area (Å²) in [6, 6.07) is 6.05. The zero-order valence-corrected chi connectivity index (χ0v) is 10.9. The van der Waals surface area contributed by atoms with Crippen molar-refractivity contribution < 1.29 is 18.9 Å². The Balaban J connectivity index is 1.49. The van der Waals surface area contributed by atoms with Gasteiger partial charge in [0.1, 0.15) is 13.2 Å². The summed E-state index contributed by atoms with van der Waals surface area (Å²) in [4.78, 5) is 0. The summed E-state index contributed by atoms with van der Waals surface area (Å²) >= 11 is 0. The molecule has 1 N–H and O–H groups in total. The second-order valence-corrected chi connectivity index (χ2v) is 4.68. The Morgan fingerprint density at radius 2 is 1.95 bits per heavy atom. The first-order valence-electron chi connectivity index (χ1n) is 6.70. The molecule has 5 heteroatoms. The maximum Gasteiger partial charge on any atom is 0.161 e. The molecule has 1 atom stereocenters. The monoisotopic (exact) mass is 265 g/mol. The number of ether oxygens (including phenoxy) is 4. The summed E-state index contributed by atoms with van der Waals surface area (Å²) in [5.74, 6) is 1.67. The van der Waals surface area contributed by atoms with E-state index in [1.807, 2.05) is 12.1 Å². The van der Waals surface area contributed by atoms with Crippen LogP contribution in [-0.4, -0.2) is 45.7 Å². The van der Waals surface area contributed by atoms with Gasteiger partial charge < -0.3 is 24.3 Å². The molecular weight excluding hydrogens is 246 g/mol. The highest BCUT2D eigenvalue weighted by Gasteiger charge is 2.14. The zero-order valence-electron chi connectivity index (χ0n) is 10.9. The van der Waals surface area contributed by atoms with E-state index >= 15 is 0 Å². The summed E-state index contributed by atoms with van der Waals surface area (Å²) in [5, 5.41) is 3.38. The first-order chi connectivity index (χ1) is 9.42. The number of hydrogen-bond acceptors (Lipinski definition) is 5. The molecule has 3 rings (SSSR count). The summed E-state index contributed by atoms with van der Waals surface area (Å²) < 4.78 is 22.0. The summed E-state index contributed by atoms with van der Waals surface area (Å²) in [5.41, 5.74) is 1.18. The highest BCUT2D eigenvalue weighted by atomic mass is 16.6. The Morgan fingerprint density at radius 1 is 1.05 bits per heavy atom. The van der Waals surface area contributed by atoms with Crippen molar-refractivity contribution in [2.75, 3.05) is 39.6 Å². The van der Waals surface area contributed by atoms with E-state index in [4.69, 9.17) is 18.9 Å². The molecule has 104 valence electrons. The summed E-state index contributed by atoms with van der Waals surface area (Å²) in [6.07, 6.45) is 0.158. The Labute approximate surface area is 112 Å². The molecule has 5 nitrogen and oxygen atoms in total. The minimum absolute atomic E-state index is 0.158. The lowest BCUT2D eigenvalue weighted by Crippen LogP contribution is -2.37. The standard InChI is InChI=1S/C14H19NO4/c1-2-13-14(19-6-5-18-13)7-11(1)8-15-9-12-10-16-3-4-17-12/h1-2,7,12,15H,3-6,8-10H2. The predicted octanol–water partition coefficient (Wildman–Crippen LogP) is 0.963. The molecule has 0 spiro atoms. The second kappa shape index (κ2) is 6.23. The van der Waals surface area contributed by atoms with Gasteiger partial charge in [0.15, 0.2) is 11.5 Å². The molecule has 0 radical (unpaired) electrons. The van der Waals surface area contributed by atoms with Crippen LogP contribution in [0, 0.1) is 0 Å². The maximum absolute atomic E-state index is 5.57. The van der Waals surface area contributed by atoms with Gasteiger partial charge in [-0.25, -0.2) is 0 Å². The van der Waals surface area contributed by atoms with E-state index in [1.165, 1.54) is 5.56 Å². The molecule has 1 aromatic rings. The number of benzene rings is 1. The van der Waals surface area contributed by atoms with Crippen molar-refractivity contribution in [2.45, 2.75) is 12.6 Å². The maximum atomic E-state index is 5.57. The molecule has 1 aromatic carbocycles. The third-order valence-electron chi connectivity index (χ3n) is 3.19. The molecule has 2 aliphatic heterocycles. The smallest absolute Gasteiger partial charge is 0.161 e. The molecule has 0 aromatic heterocycles. The van der Waals surface area contributed by atoms with Crippen molar-refractivity contribution in [1.82, 2.24) is 5.32 Å². The molecule has 1 unspecified atom stereocenters. The fourth-order valence-electron chi connectivity index (χ4n) is 2.23. The lowest BCUT2D eigenvalue weighted by Gasteiger charge is -2.23. The van der Waals surface area contributed by atoms with E-state index < -0.39 is 0 Å². The van der Waals surface area contributed by atoms with E-state index in [0.717, 1.165) is 24.6 Å². The molecule has 19 heavy (non-hydrogen) atoms. The van der Waals surface area contributed by atoms with Gasteiger partial charge in [-0.05, 0) is 17.7 Å². The molecule has 0 bridgehead atoms. The van der Waals surface area contributed by atoms with Gasteiger partial charge in [-0.15, -0.1) is 0 Å². The molecule has 2 aliphatic rings. The van der Waals surface area contributed by atoms with Crippen LogP contribution in [0.5, 0.6) is 11.5 Å². The number of nitrogens with one attached hydrogen (secondary N) is 1. The van der Waals surface area contributed by atoms with Crippen molar-refractivity contribution in [3.63, 3.8) is 0 Å². The average molecular weight is 265 g/mol. The van der Waals surface area contributed by atoms with E-state index in [-0.39, 0.29) is 6.10 Å². The highest BCUT2D eigenvalue weighted by molar-refractivity contribution is 5.43. The molecule has 0 amide bonds. The minimum atomic E-state index is 0.158. The first-order valence-corrected chi connectivity index (χ1v) is 6.70. The molecule has 1 saturated heterocycles. The normalized spacial score (nSPS) is 22.2. The SMILES string of the molecule is c1cc2c(cc1CNCC1COCCO1)OCCO2. The second-order valence-electron chi connectivity index (χ2n) is 4.68. The van der Waals surface area contributed by atoms with Gasteiger partial charge in [0, 0.05) is 13.1 Å². The Bertz CT molecular complexity index is 418. The average Bonchev–Trinajstić information content (AvgIpc) is 2.48. The van der Waals surface area contributed by atoms with Crippen LogP contribution in [0.15, 0.2) is 18.2 Å². The quantitative estimate of drug-likeness (QED) is 0.879. The van der Waals surface area contributed by atoms with Crippen LogP contribution in [-0.2, 0) is 16.0 Å². The van der Waals surface area contributed by atoms with Gasteiger partial charge in [-0.2, -0.15) is 0 Å². The van der Waals surface area contributed by atoms with Crippen LogP contribution in [0.2, 0.25) is 0 Å².